The summed E-state index contributed by atoms with van der Waals surface area (Å²) in [5.41, 5.74) is 0.0494. The molecule has 0 aliphatic rings. The first-order valence-corrected chi connectivity index (χ1v) is 17.4. The molecule has 0 saturated carbocycles. The second-order valence-corrected chi connectivity index (χ2v) is 15.7. The van der Waals surface area contributed by atoms with Crippen molar-refractivity contribution in [3.63, 3.8) is 0 Å². The van der Waals surface area contributed by atoms with Gasteiger partial charge in [-0.25, -0.2) is 0 Å². The van der Waals surface area contributed by atoms with Crippen molar-refractivity contribution in [1.29, 1.82) is 0 Å². The van der Waals surface area contributed by atoms with Crippen LogP contribution in [0.1, 0.15) is 33.4 Å². The van der Waals surface area contributed by atoms with Gasteiger partial charge in [0.25, 0.3) is 0 Å². The Hall–Kier alpha value is -1.48. The summed E-state index contributed by atoms with van der Waals surface area (Å²) in [5, 5.41) is -3.38. The summed E-state index contributed by atoms with van der Waals surface area (Å²) in [4.78, 5) is 82.8. The normalized spacial score (nSPS) is 13.9. The Labute approximate surface area is 216 Å². The lowest BCUT2D eigenvalue weighted by molar-refractivity contribution is 0.384. The zero-order valence-electron chi connectivity index (χ0n) is 21.0. The molecular formula is C22H26O12P4. The van der Waals surface area contributed by atoms with Crippen LogP contribution in [-0.4, -0.2) is 39.1 Å². The van der Waals surface area contributed by atoms with Gasteiger partial charge in [0, 0.05) is 21.5 Å². The molecule has 0 fully saturated rings. The van der Waals surface area contributed by atoms with E-state index in [1.54, 1.807) is 0 Å². The molecule has 0 bridgehead atoms. The molecule has 38 heavy (non-hydrogen) atoms. The van der Waals surface area contributed by atoms with Gasteiger partial charge in [0.15, 0.2) is 0 Å². The van der Waals surface area contributed by atoms with Gasteiger partial charge >= 0.3 is 30.4 Å². The third-order valence-corrected chi connectivity index (χ3v) is 12.0. The highest BCUT2D eigenvalue weighted by Gasteiger charge is 2.40. The molecule has 0 amide bonds. The lowest BCUT2D eigenvalue weighted by Crippen LogP contribution is -2.28. The van der Waals surface area contributed by atoms with Gasteiger partial charge < -0.3 is 39.1 Å². The average Bonchev–Trinajstić information content (AvgIpc) is 2.70. The van der Waals surface area contributed by atoms with E-state index in [9.17, 15) is 57.4 Å². The second kappa shape index (κ2) is 8.51. The fourth-order valence-electron chi connectivity index (χ4n) is 5.86. The monoisotopic (exact) mass is 606 g/mol. The highest BCUT2D eigenvalue weighted by molar-refractivity contribution is 7.63. The van der Waals surface area contributed by atoms with Crippen molar-refractivity contribution >= 4 is 83.9 Å². The Balaban J connectivity index is 2.74. The highest BCUT2D eigenvalue weighted by atomic mass is 31.2. The fraction of sp³-hybridized carbons (Fsp3) is 0.273. The number of rotatable bonds is 4. The van der Waals surface area contributed by atoms with Crippen LogP contribution in [0.5, 0.6) is 0 Å². The van der Waals surface area contributed by atoms with Crippen LogP contribution >= 0.6 is 30.4 Å². The van der Waals surface area contributed by atoms with E-state index in [-0.39, 0.29) is 65.7 Å². The van der Waals surface area contributed by atoms with Crippen LogP contribution in [0.3, 0.4) is 0 Å². The van der Waals surface area contributed by atoms with E-state index in [2.05, 4.69) is 0 Å². The van der Waals surface area contributed by atoms with Gasteiger partial charge in [-0.15, -0.1) is 0 Å². The minimum Gasteiger partial charge on any atom is -0.321 e. The Morgan fingerprint density at radius 1 is 0.316 bits per heavy atom. The summed E-state index contributed by atoms with van der Waals surface area (Å²) in [6, 6.07) is 0. The number of aryl methyl sites for hydroxylation is 4. The van der Waals surface area contributed by atoms with E-state index in [0.717, 1.165) is 0 Å². The lowest BCUT2D eigenvalue weighted by atomic mass is 9.82. The Morgan fingerprint density at radius 3 is 0.605 bits per heavy atom. The van der Waals surface area contributed by atoms with E-state index in [1.807, 2.05) is 0 Å². The standard InChI is InChI=1S/C22H26O12P4/c1-7-8(2)14-18-16(22(38(32,33)34)12(6)20(14)36(26,27)28)10(4)9(3)15-17(18)13(7)19(35(23,24)25)11(5)21(15)37(29,30)31/h1-6H3,(H2,23,24,25)(H2,26,27,28)(H2,29,30,31)(H2,32,33,34). The van der Waals surface area contributed by atoms with Crippen LogP contribution < -0.4 is 21.2 Å². The maximum absolute atomic E-state index is 12.8. The number of benzene rings is 4. The minimum atomic E-state index is -5.23. The smallest absolute Gasteiger partial charge is 0.321 e. The maximum Gasteiger partial charge on any atom is 0.357 e. The van der Waals surface area contributed by atoms with Crippen LogP contribution in [0.15, 0.2) is 0 Å². The van der Waals surface area contributed by atoms with Crippen LogP contribution in [0.25, 0.3) is 32.3 Å². The molecule has 8 N–H and O–H groups in total. The summed E-state index contributed by atoms with van der Waals surface area (Å²) in [6.07, 6.45) is 0. The molecule has 4 rings (SSSR count). The molecule has 12 nitrogen and oxygen atoms in total. The van der Waals surface area contributed by atoms with Crippen LogP contribution in [0, 0.1) is 41.5 Å². The molecule has 0 atom stereocenters. The molecule has 0 aliphatic heterocycles. The van der Waals surface area contributed by atoms with Crippen molar-refractivity contribution < 1.29 is 57.4 Å². The lowest BCUT2D eigenvalue weighted by Gasteiger charge is -2.29. The SMILES string of the molecule is Cc1c(P(=O)(O)O)c2c(C)c(C)c3c(P(=O)(O)O)c(C)c(P(=O)(O)O)c4c(C)c(C)c(c1P(=O)(O)O)c2c34. The summed E-state index contributed by atoms with van der Waals surface area (Å²) < 4.78 is 51.2. The summed E-state index contributed by atoms with van der Waals surface area (Å²) in [5.74, 6) is 0. The predicted octanol–water partition coefficient (Wildman–Crippen LogP) is 1.65. The van der Waals surface area contributed by atoms with E-state index in [4.69, 9.17) is 0 Å². The zero-order chi connectivity index (χ0) is 29.2. The van der Waals surface area contributed by atoms with Crippen molar-refractivity contribution in [2.45, 2.75) is 41.5 Å². The summed E-state index contributed by atoms with van der Waals surface area (Å²) in [7, 11) is -20.9. The van der Waals surface area contributed by atoms with Crippen molar-refractivity contribution in [1.82, 2.24) is 0 Å². The largest absolute Gasteiger partial charge is 0.357 e. The molecule has 0 spiro atoms. The zero-order valence-corrected chi connectivity index (χ0v) is 24.6. The summed E-state index contributed by atoms with van der Waals surface area (Å²) >= 11 is 0. The number of hydrogen-bond donors (Lipinski definition) is 8. The molecule has 0 heterocycles. The third kappa shape index (κ3) is 4.00. The van der Waals surface area contributed by atoms with Crippen LogP contribution in [0.2, 0.25) is 0 Å². The molecule has 206 valence electrons. The van der Waals surface area contributed by atoms with Gasteiger partial charge in [-0.2, -0.15) is 0 Å². The molecular weight excluding hydrogens is 580 g/mol. The predicted molar refractivity (Wildman–Crippen MR) is 145 cm³/mol. The third-order valence-electron chi connectivity index (χ3n) is 7.41. The number of hydrogen-bond acceptors (Lipinski definition) is 4. The Morgan fingerprint density at radius 2 is 0.474 bits per heavy atom. The molecule has 16 heteroatoms. The van der Waals surface area contributed by atoms with Crippen molar-refractivity contribution in [2.24, 2.45) is 0 Å². The molecule has 0 aliphatic carbocycles. The summed E-state index contributed by atoms with van der Waals surface area (Å²) in [6.45, 7) is 8.18. The van der Waals surface area contributed by atoms with Crippen LogP contribution in [-0.2, 0) is 18.3 Å². The van der Waals surface area contributed by atoms with Gasteiger partial charge in [0.1, 0.15) is 0 Å². The Kier molecular flexibility index (Phi) is 6.61. The van der Waals surface area contributed by atoms with Gasteiger partial charge in [-0.05, 0) is 85.7 Å². The van der Waals surface area contributed by atoms with Gasteiger partial charge in [-0.3, -0.25) is 18.3 Å². The fourth-order valence-corrected chi connectivity index (χ4v) is 10.5. The highest BCUT2D eigenvalue weighted by Crippen LogP contribution is 2.53. The van der Waals surface area contributed by atoms with Gasteiger partial charge in [0.2, 0.25) is 0 Å². The van der Waals surface area contributed by atoms with Crippen LogP contribution in [0.4, 0.5) is 0 Å². The maximum atomic E-state index is 12.8. The van der Waals surface area contributed by atoms with Crippen molar-refractivity contribution in [3.05, 3.63) is 33.4 Å². The Bertz CT molecular complexity index is 1650. The second-order valence-electron chi connectivity index (χ2n) is 9.57. The van der Waals surface area contributed by atoms with E-state index in [0.29, 0.717) is 0 Å². The molecule has 0 saturated heterocycles. The molecule has 4 aromatic rings. The van der Waals surface area contributed by atoms with Gasteiger partial charge in [0.05, 0.1) is 21.2 Å². The first-order chi connectivity index (χ1) is 17.0. The molecule has 0 aromatic heterocycles. The van der Waals surface area contributed by atoms with E-state index >= 15 is 0 Å². The first-order valence-electron chi connectivity index (χ1n) is 11.0. The van der Waals surface area contributed by atoms with Crippen molar-refractivity contribution in [2.75, 3.05) is 0 Å². The van der Waals surface area contributed by atoms with E-state index in [1.165, 1.54) is 41.5 Å². The minimum absolute atomic E-state index is 0.0988. The first kappa shape index (κ1) is 29.5. The van der Waals surface area contributed by atoms with Crippen molar-refractivity contribution in [3.8, 4) is 0 Å². The molecule has 0 unspecified atom stereocenters. The van der Waals surface area contributed by atoms with E-state index < -0.39 is 51.6 Å². The topological polar surface area (TPSA) is 230 Å². The molecule has 4 aromatic carbocycles. The van der Waals surface area contributed by atoms with Gasteiger partial charge in [-0.1, -0.05) is 0 Å². The average molecular weight is 606 g/mol. The molecule has 0 radical (unpaired) electrons. The quantitative estimate of drug-likeness (QED) is 0.122.